The molecule has 2 radical (unpaired) electrons. The van der Waals surface area contributed by atoms with Crippen LogP contribution in [0.4, 0.5) is 5.82 Å². The summed E-state index contributed by atoms with van der Waals surface area (Å²) in [7, 11) is 5.54. The molecule has 2 nitrogen and oxygen atoms in total. The topological polar surface area (TPSA) is 16.1 Å². The maximum absolute atomic E-state index is 5.54. The number of nitrogens with zero attached hydrogens (tertiary/aromatic N) is 2. The fourth-order valence-electron chi connectivity index (χ4n) is 1.16. The van der Waals surface area contributed by atoms with Crippen LogP contribution < -0.4 is 10.5 Å². The van der Waals surface area contributed by atoms with Crippen LogP contribution in [-0.4, -0.2) is 25.9 Å². The summed E-state index contributed by atoms with van der Waals surface area (Å²) in [6.45, 7) is 2.24. The quantitative estimate of drug-likeness (QED) is 0.519. The fourth-order valence-corrected chi connectivity index (χ4v) is 1.16. The predicted octanol–water partition coefficient (Wildman–Crippen LogP) is 0.0855. The molecule has 1 aromatic rings. The first-order chi connectivity index (χ1) is 5.36. The molecule has 2 rings (SSSR count). The molecule has 0 saturated carbocycles. The molecule has 0 amide bonds. The van der Waals surface area contributed by atoms with Crippen LogP contribution in [0.3, 0.4) is 0 Å². The van der Waals surface area contributed by atoms with Crippen LogP contribution in [0.25, 0.3) is 0 Å². The van der Waals surface area contributed by atoms with Crippen LogP contribution in [0.2, 0.25) is 0 Å². The lowest BCUT2D eigenvalue weighted by Gasteiger charge is -2.32. The van der Waals surface area contributed by atoms with Crippen LogP contribution >= 0.6 is 0 Å². The molecule has 1 fully saturated rings. The van der Waals surface area contributed by atoms with Crippen molar-refractivity contribution in [3.05, 3.63) is 18.2 Å². The third-order valence-corrected chi connectivity index (χ3v) is 1.94. The van der Waals surface area contributed by atoms with E-state index in [0.29, 0.717) is 5.59 Å². The van der Waals surface area contributed by atoms with Gasteiger partial charge in [-0.1, -0.05) is 12.1 Å². The monoisotopic (exact) mass is 144 g/mol. The van der Waals surface area contributed by atoms with Crippen molar-refractivity contribution in [3.8, 4) is 0 Å². The molecule has 0 aromatic carbocycles. The number of rotatable bonds is 1. The predicted molar refractivity (Wildman–Crippen MR) is 46.5 cm³/mol. The van der Waals surface area contributed by atoms with Crippen LogP contribution in [0.1, 0.15) is 6.42 Å². The number of anilines is 1. The Hall–Kier alpha value is -0.985. The number of pyridine rings is 1. The molecule has 1 aliphatic rings. The normalized spacial score (nSPS) is 16.2. The Morgan fingerprint density at radius 3 is 2.73 bits per heavy atom. The Bertz CT molecular complexity index is 258. The Labute approximate surface area is 67.7 Å². The molecule has 0 atom stereocenters. The summed E-state index contributed by atoms with van der Waals surface area (Å²) in [5.41, 5.74) is 0.606. The zero-order valence-electron chi connectivity index (χ0n) is 6.33. The summed E-state index contributed by atoms with van der Waals surface area (Å²) in [6.07, 6.45) is 1.27. The lowest BCUT2D eigenvalue weighted by atomic mass is 10.0. The first-order valence-corrected chi connectivity index (χ1v) is 3.84. The van der Waals surface area contributed by atoms with Gasteiger partial charge in [0.15, 0.2) is 0 Å². The van der Waals surface area contributed by atoms with E-state index in [1.807, 2.05) is 18.2 Å². The summed E-state index contributed by atoms with van der Waals surface area (Å²) in [6, 6.07) is 5.74. The highest BCUT2D eigenvalue weighted by Crippen LogP contribution is 2.15. The standard InChI is InChI=1S/C8H9BN2/c9-7-3-1-4-8(10-7)11-5-2-6-11/h1,3-4H,2,5-6H2. The van der Waals surface area contributed by atoms with E-state index in [4.69, 9.17) is 7.85 Å². The second-order valence-corrected chi connectivity index (χ2v) is 2.76. The van der Waals surface area contributed by atoms with E-state index in [9.17, 15) is 0 Å². The minimum atomic E-state index is 0.606. The first-order valence-electron chi connectivity index (χ1n) is 3.84. The Morgan fingerprint density at radius 2 is 2.18 bits per heavy atom. The summed E-state index contributed by atoms with van der Waals surface area (Å²) in [5.74, 6) is 1.01. The number of hydrogen-bond donors (Lipinski definition) is 0. The van der Waals surface area contributed by atoms with Gasteiger partial charge in [0.05, 0.1) is 0 Å². The van der Waals surface area contributed by atoms with Crippen molar-refractivity contribution in [2.24, 2.45) is 0 Å². The molecule has 11 heavy (non-hydrogen) atoms. The van der Waals surface area contributed by atoms with Gasteiger partial charge in [0.25, 0.3) is 0 Å². The van der Waals surface area contributed by atoms with E-state index in [1.54, 1.807) is 0 Å². The lowest BCUT2D eigenvalue weighted by Crippen LogP contribution is -2.38. The van der Waals surface area contributed by atoms with Crippen LogP contribution in [0, 0.1) is 0 Å². The van der Waals surface area contributed by atoms with Crippen LogP contribution in [0.5, 0.6) is 0 Å². The molecule has 0 aliphatic carbocycles. The zero-order valence-corrected chi connectivity index (χ0v) is 6.33. The molecule has 1 saturated heterocycles. The van der Waals surface area contributed by atoms with Gasteiger partial charge < -0.3 is 4.90 Å². The molecule has 1 aromatic heterocycles. The Balaban J connectivity index is 2.23. The van der Waals surface area contributed by atoms with Gasteiger partial charge in [-0.15, -0.1) is 0 Å². The molecular formula is C8H9BN2. The highest BCUT2D eigenvalue weighted by molar-refractivity contribution is 6.30. The molecule has 0 N–H and O–H groups in total. The van der Waals surface area contributed by atoms with E-state index >= 15 is 0 Å². The van der Waals surface area contributed by atoms with Crippen LogP contribution in [0.15, 0.2) is 18.2 Å². The van der Waals surface area contributed by atoms with E-state index in [-0.39, 0.29) is 0 Å². The third kappa shape index (κ3) is 1.23. The first kappa shape index (κ1) is 6.71. The summed E-state index contributed by atoms with van der Waals surface area (Å²) in [5, 5.41) is 0. The van der Waals surface area contributed by atoms with Gasteiger partial charge in [0.2, 0.25) is 0 Å². The average Bonchev–Trinajstić information content (AvgIpc) is 1.83. The highest BCUT2D eigenvalue weighted by Gasteiger charge is 2.14. The molecule has 1 aliphatic heterocycles. The van der Waals surface area contributed by atoms with Crippen molar-refractivity contribution >= 4 is 19.3 Å². The smallest absolute Gasteiger partial charge is 0.141 e. The van der Waals surface area contributed by atoms with Gasteiger partial charge in [-0.2, -0.15) is 0 Å². The second-order valence-electron chi connectivity index (χ2n) is 2.76. The maximum atomic E-state index is 5.54. The van der Waals surface area contributed by atoms with Gasteiger partial charge in [-0.25, -0.2) is 4.98 Å². The van der Waals surface area contributed by atoms with Gasteiger partial charge in [0, 0.05) is 13.1 Å². The Kier molecular flexibility index (Phi) is 1.57. The minimum absolute atomic E-state index is 0.606. The van der Waals surface area contributed by atoms with Crippen molar-refractivity contribution in [1.82, 2.24) is 4.98 Å². The number of aromatic nitrogens is 1. The van der Waals surface area contributed by atoms with Gasteiger partial charge in [-0.05, 0) is 18.1 Å². The SMILES string of the molecule is [B]c1cccc(N2CCC2)n1. The summed E-state index contributed by atoms with van der Waals surface area (Å²) < 4.78 is 0. The van der Waals surface area contributed by atoms with Crippen molar-refractivity contribution in [2.45, 2.75) is 6.42 Å². The molecule has 54 valence electrons. The summed E-state index contributed by atoms with van der Waals surface area (Å²) in [4.78, 5) is 6.42. The zero-order chi connectivity index (χ0) is 7.68. The van der Waals surface area contributed by atoms with E-state index < -0.39 is 0 Å². The van der Waals surface area contributed by atoms with Crippen LogP contribution in [-0.2, 0) is 0 Å². The maximum Gasteiger partial charge on any atom is 0.141 e. The van der Waals surface area contributed by atoms with Gasteiger partial charge in [0.1, 0.15) is 13.7 Å². The van der Waals surface area contributed by atoms with Crippen molar-refractivity contribution in [1.29, 1.82) is 0 Å². The second kappa shape index (κ2) is 2.57. The van der Waals surface area contributed by atoms with Gasteiger partial charge >= 0.3 is 0 Å². The molecule has 0 spiro atoms. The van der Waals surface area contributed by atoms with Crippen molar-refractivity contribution in [2.75, 3.05) is 18.0 Å². The van der Waals surface area contributed by atoms with E-state index in [0.717, 1.165) is 18.9 Å². The fraction of sp³-hybridized carbons (Fsp3) is 0.375. The van der Waals surface area contributed by atoms with Crippen molar-refractivity contribution in [3.63, 3.8) is 0 Å². The highest BCUT2D eigenvalue weighted by atomic mass is 15.2. The van der Waals surface area contributed by atoms with E-state index in [2.05, 4.69) is 9.88 Å². The molecule has 0 unspecified atom stereocenters. The Morgan fingerprint density at radius 1 is 1.36 bits per heavy atom. The average molecular weight is 144 g/mol. The molecule has 2 heterocycles. The summed E-state index contributed by atoms with van der Waals surface area (Å²) >= 11 is 0. The van der Waals surface area contributed by atoms with Crippen molar-refractivity contribution < 1.29 is 0 Å². The number of hydrogen-bond acceptors (Lipinski definition) is 2. The van der Waals surface area contributed by atoms with Gasteiger partial charge in [-0.3, -0.25) is 0 Å². The minimum Gasteiger partial charge on any atom is -0.357 e. The molecular weight excluding hydrogens is 135 g/mol. The van der Waals surface area contributed by atoms with E-state index in [1.165, 1.54) is 6.42 Å². The third-order valence-electron chi connectivity index (χ3n) is 1.94. The lowest BCUT2D eigenvalue weighted by molar-refractivity contribution is 0.610. The molecule has 0 bridgehead atoms. The largest absolute Gasteiger partial charge is 0.357 e. The molecule has 3 heteroatoms.